The molecule has 19 heavy (non-hydrogen) atoms. The van der Waals surface area contributed by atoms with Gasteiger partial charge in [-0.2, -0.15) is 4.31 Å². The van der Waals surface area contributed by atoms with Gasteiger partial charge >= 0.3 is 5.69 Å². The van der Waals surface area contributed by atoms with Crippen LogP contribution in [0.25, 0.3) is 0 Å². The molecule has 10 heteroatoms. The Morgan fingerprint density at radius 3 is 2.63 bits per heavy atom. The third kappa shape index (κ3) is 3.21. The lowest BCUT2D eigenvalue weighted by atomic mass is 10.4. The molecule has 1 aromatic rings. The largest absolute Gasteiger partial charge is 0.385 e. The van der Waals surface area contributed by atoms with Crippen molar-refractivity contribution in [2.24, 2.45) is 0 Å². The zero-order valence-electron chi connectivity index (χ0n) is 10.7. The summed E-state index contributed by atoms with van der Waals surface area (Å²) in [4.78, 5) is 9.97. The first-order valence-electron chi connectivity index (χ1n) is 5.22. The van der Waals surface area contributed by atoms with Gasteiger partial charge in [0.25, 0.3) is 10.0 Å². The Balaban J connectivity index is 3.13. The average molecular weight is 309 g/mol. The predicted molar refractivity (Wildman–Crippen MR) is 71.7 cm³/mol. The Bertz CT molecular complexity index is 568. The molecule has 0 spiro atoms. The van der Waals surface area contributed by atoms with Crippen LogP contribution in [0, 0.1) is 10.1 Å². The van der Waals surface area contributed by atoms with Crippen molar-refractivity contribution in [2.75, 3.05) is 26.5 Å². The number of ether oxygens (including phenoxy) is 1. The smallest absolute Gasteiger partial charge is 0.304 e. The number of thiophene rings is 1. The van der Waals surface area contributed by atoms with Gasteiger partial charge in [-0.3, -0.25) is 10.1 Å². The van der Waals surface area contributed by atoms with E-state index in [9.17, 15) is 18.5 Å². The molecule has 0 aliphatic rings. The number of nitrogens with two attached hydrogens (primary N) is 1. The number of nitrogen functional groups attached to an aromatic ring is 1. The van der Waals surface area contributed by atoms with E-state index in [0.29, 0.717) is 11.3 Å². The van der Waals surface area contributed by atoms with E-state index < -0.39 is 26.7 Å². The molecule has 1 atom stereocenters. The van der Waals surface area contributed by atoms with Crippen molar-refractivity contribution in [2.45, 2.75) is 17.2 Å². The highest BCUT2D eigenvalue weighted by molar-refractivity contribution is 7.91. The first kappa shape index (κ1) is 15.8. The first-order valence-corrected chi connectivity index (χ1v) is 7.48. The normalized spacial score (nSPS) is 13.7. The number of methoxy groups -OCH3 is 1. The Morgan fingerprint density at radius 2 is 2.21 bits per heavy atom. The number of rotatable bonds is 6. The van der Waals surface area contributed by atoms with Gasteiger partial charge < -0.3 is 10.5 Å². The molecule has 1 heterocycles. The van der Waals surface area contributed by atoms with Gasteiger partial charge in [0.15, 0.2) is 5.00 Å². The molecular formula is C9H15N3O5S2. The van der Waals surface area contributed by atoms with Crippen molar-refractivity contribution >= 4 is 32.0 Å². The molecule has 1 unspecified atom stereocenters. The van der Waals surface area contributed by atoms with Gasteiger partial charge in [-0.1, -0.05) is 11.3 Å². The van der Waals surface area contributed by atoms with Crippen LogP contribution in [0.4, 0.5) is 10.7 Å². The SMILES string of the molecule is COCC(C)N(C)S(=O)(=O)c1cc([N+](=O)[O-])c(N)s1. The van der Waals surface area contributed by atoms with Crippen LogP contribution >= 0.6 is 11.3 Å². The summed E-state index contributed by atoms with van der Waals surface area (Å²) in [5, 5.41) is 10.5. The van der Waals surface area contributed by atoms with Crippen molar-refractivity contribution in [3.63, 3.8) is 0 Å². The fraction of sp³-hybridized carbons (Fsp3) is 0.556. The second-order valence-corrected chi connectivity index (χ2v) is 7.21. The van der Waals surface area contributed by atoms with E-state index in [-0.39, 0.29) is 15.8 Å². The lowest BCUT2D eigenvalue weighted by Gasteiger charge is -2.22. The molecule has 8 nitrogen and oxygen atoms in total. The van der Waals surface area contributed by atoms with E-state index in [1.807, 2.05) is 0 Å². The molecule has 0 amide bonds. The van der Waals surface area contributed by atoms with E-state index in [1.54, 1.807) is 6.92 Å². The van der Waals surface area contributed by atoms with Gasteiger partial charge in [-0.25, -0.2) is 8.42 Å². The maximum atomic E-state index is 12.2. The van der Waals surface area contributed by atoms with Crippen LogP contribution in [0.5, 0.6) is 0 Å². The molecular weight excluding hydrogens is 294 g/mol. The summed E-state index contributed by atoms with van der Waals surface area (Å²) in [6.07, 6.45) is 0. The van der Waals surface area contributed by atoms with Crippen LogP contribution in [0.2, 0.25) is 0 Å². The molecule has 108 valence electrons. The summed E-state index contributed by atoms with van der Waals surface area (Å²) in [6.45, 7) is 1.89. The van der Waals surface area contributed by atoms with E-state index in [2.05, 4.69) is 0 Å². The molecule has 1 rings (SSSR count). The summed E-state index contributed by atoms with van der Waals surface area (Å²) in [5.74, 6) is 0. The van der Waals surface area contributed by atoms with Gasteiger partial charge in [0.05, 0.1) is 11.5 Å². The summed E-state index contributed by atoms with van der Waals surface area (Å²) >= 11 is 0.679. The Labute approximate surface area is 115 Å². The maximum Gasteiger partial charge on any atom is 0.304 e. The Kier molecular flexibility index (Phi) is 4.85. The molecule has 0 bridgehead atoms. The summed E-state index contributed by atoms with van der Waals surface area (Å²) in [6, 6.07) is 0.586. The van der Waals surface area contributed by atoms with E-state index >= 15 is 0 Å². The summed E-state index contributed by atoms with van der Waals surface area (Å²) < 4.78 is 30.3. The van der Waals surface area contributed by atoms with Crippen molar-refractivity contribution in [1.29, 1.82) is 0 Å². The molecule has 0 saturated heterocycles. The molecule has 0 radical (unpaired) electrons. The number of hydrogen-bond acceptors (Lipinski definition) is 7. The number of likely N-dealkylation sites (N-methyl/N-ethyl adjacent to an activating group) is 1. The number of nitrogens with zero attached hydrogens (tertiary/aromatic N) is 2. The van der Waals surface area contributed by atoms with Crippen LogP contribution in [0.1, 0.15) is 6.92 Å². The molecule has 1 aromatic heterocycles. The maximum absolute atomic E-state index is 12.2. The van der Waals surface area contributed by atoms with Crippen LogP contribution in [0.3, 0.4) is 0 Å². The van der Waals surface area contributed by atoms with Crippen LogP contribution in [-0.4, -0.2) is 44.5 Å². The minimum absolute atomic E-state index is 0.128. The monoisotopic (exact) mass is 309 g/mol. The molecule has 0 saturated carbocycles. The van der Waals surface area contributed by atoms with Crippen LogP contribution < -0.4 is 5.73 Å². The van der Waals surface area contributed by atoms with Gasteiger partial charge in [-0.05, 0) is 6.92 Å². The molecule has 0 aromatic carbocycles. The number of hydrogen-bond donors (Lipinski definition) is 1. The molecule has 2 N–H and O–H groups in total. The lowest BCUT2D eigenvalue weighted by Crippen LogP contribution is -2.37. The number of sulfonamides is 1. The van der Waals surface area contributed by atoms with Crippen LogP contribution in [0.15, 0.2) is 10.3 Å². The number of anilines is 1. The average Bonchev–Trinajstić information content (AvgIpc) is 2.71. The van der Waals surface area contributed by atoms with E-state index in [1.165, 1.54) is 14.2 Å². The van der Waals surface area contributed by atoms with Crippen molar-refractivity contribution < 1.29 is 18.1 Å². The van der Waals surface area contributed by atoms with Crippen molar-refractivity contribution in [1.82, 2.24) is 4.31 Å². The lowest BCUT2D eigenvalue weighted by molar-refractivity contribution is -0.383. The topological polar surface area (TPSA) is 116 Å². The fourth-order valence-electron chi connectivity index (χ4n) is 1.37. The Hall–Kier alpha value is -1.23. The van der Waals surface area contributed by atoms with Crippen molar-refractivity contribution in [3.8, 4) is 0 Å². The highest BCUT2D eigenvalue weighted by Gasteiger charge is 2.30. The molecule has 0 fully saturated rings. The summed E-state index contributed by atoms with van der Waals surface area (Å²) in [7, 11) is -0.955. The second kappa shape index (κ2) is 5.82. The van der Waals surface area contributed by atoms with Gasteiger partial charge in [-0.15, -0.1) is 0 Å². The van der Waals surface area contributed by atoms with Gasteiger partial charge in [0.2, 0.25) is 0 Å². The zero-order chi connectivity index (χ0) is 14.8. The number of nitro groups is 1. The third-order valence-electron chi connectivity index (χ3n) is 2.58. The standard InChI is InChI=1S/C9H15N3O5S2/c1-6(5-17-3)11(2)19(15,16)8-4-7(12(13)14)9(10)18-8/h4,6H,5,10H2,1-3H3. The Morgan fingerprint density at radius 1 is 1.63 bits per heavy atom. The highest BCUT2D eigenvalue weighted by Crippen LogP contribution is 2.35. The van der Waals surface area contributed by atoms with Crippen molar-refractivity contribution in [3.05, 3.63) is 16.2 Å². The minimum Gasteiger partial charge on any atom is -0.385 e. The van der Waals surface area contributed by atoms with Gasteiger partial charge in [0.1, 0.15) is 4.21 Å². The molecule has 0 aliphatic heterocycles. The first-order chi connectivity index (χ1) is 8.71. The second-order valence-electron chi connectivity index (χ2n) is 3.90. The molecule has 0 aliphatic carbocycles. The minimum atomic E-state index is -3.81. The third-order valence-corrected chi connectivity index (χ3v) is 5.95. The van der Waals surface area contributed by atoms with Crippen LogP contribution in [-0.2, 0) is 14.8 Å². The predicted octanol–water partition coefficient (Wildman–Crippen LogP) is 0.894. The fourth-order valence-corrected chi connectivity index (χ4v) is 4.12. The summed E-state index contributed by atoms with van der Waals surface area (Å²) in [5.41, 5.74) is 5.05. The van der Waals surface area contributed by atoms with Gasteiger partial charge in [0, 0.05) is 26.3 Å². The highest BCUT2D eigenvalue weighted by atomic mass is 32.2. The quantitative estimate of drug-likeness (QED) is 0.616. The van der Waals surface area contributed by atoms with E-state index in [4.69, 9.17) is 10.5 Å². The van der Waals surface area contributed by atoms with E-state index in [0.717, 1.165) is 10.4 Å². The zero-order valence-corrected chi connectivity index (χ0v) is 12.3.